The molecule has 4 unspecified atom stereocenters. The maximum Gasteiger partial charge on any atom is 0.254 e. The van der Waals surface area contributed by atoms with Gasteiger partial charge in [0.1, 0.15) is 5.69 Å². The zero-order valence-electron chi connectivity index (χ0n) is 15.8. The number of hydrogen-bond acceptors (Lipinski definition) is 4. The molecule has 144 valence electrons. The van der Waals surface area contributed by atoms with Gasteiger partial charge in [-0.25, -0.2) is 4.98 Å². The first-order valence-corrected chi connectivity index (χ1v) is 10.5. The second-order valence-corrected chi connectivity index (χ2v) is 8.89. The van der Waals surface area contributed by atoms with E-state index in [2.05, 4.69) is 9.97 Å². The summed E-state index contributed by atoms with van der Waals surface area (Å²) in [5.74, 6) is 4.04. The van der Waals surface area contributed by atoms with Gasteiger partial charge in [-0.15, -0.1) is 0 Å². The smallest absolute Gasteiger partial charge is 0.254 e. The summed E-state index contributed by atoms with van der Waals surface area (Å²) < 4.78 is 0. The van der Waals surface area contributed by atoms with Crippen LogP contribution >= 0.6 is 0 Å². The van der Waals surface area contributed by atoms with Crippen molar-refractivity contribution in [1.82, 2.24) is 19.9 Å². The molecule has 3 heterocycles. The first-order valence-electron chi connectivity index (χ1n) is 10.5. The molecule has 3 fully saturated rings. The van der Waals surface area contributed by atoms with Crippen molar-refractivity contribution in [2.45, 2.75) is 32.1 Å². The van der Waals surface area contributed by atoms with Crippen molar-refractivity contribution in [3.8, 4) is 11.5 Å². The standard InChI is InChI=1S/C22H24N4O2/c27-21-14-6-9-26(22(28)19-17-12-4-5-13(11-12)18(17)19)10-7-15(14)24-20(25-21)16-3-1-2-8-23-16/h1-3,8,12-13,17-19H,4-7,9-11H2,(H,24,25,27). The zero-order chi connectivity index (χ0) is 18.8. The molecule has 1 amide bonds. The molecule has 4 aliphatic rings. The molecule has 2 bridgehead atoms. The number of carbonyl (C=O) groups is 1. The largest absolute Gasteiger partial charge is 0.342 e. The lowest BCUT2D eigenvalue weighted by molar-refractivity contribution is -0.133. The molecule has 28 heavy (non-hydrogen) atoms. The van der Waals surface area contributed by atoms with Gasteiger partial charge in [-0.2, -0.15) is 0 Å². The van der Waals surface area contributed by atoms with Crippen LogP contribution in [0.4, 0.5) is 0 Å². The first-order chi connectivity index (χ1) is 13.7. The Morgan fingerprint density at radius 1 is 1.11 bits per heavy atom. The van der Waals surface area contributed by atoms with E-state index in [1.165, 1.54) is 19.3 Å². The van der Waals surface area contributed by atoms with Crippen LogP contribution < -0.4 is 5.56 Å². The number of nitrogens with one attached hydrogen (secondary N) is 1. The van der Waals surface area contributed by atoms with E-state index < -0.39 is 0 Å². The molecule has 6 heteroatoms. The Morgan fingerprint density at radius 3 is 2.64 bits per heavy atom. The van der Waals surface area contributed by atoms with E-state index in [9.17, 15) is 9.59 Å². The molecule has 1 N–H and O–H groups in total. The minimum Gasteiger partial charge on any atom is -0.342 e. The summed E-state index contributed by atoms with van der Waals surface area (Å²) >= 11 is 0. The molecule has 3 saturated carbocycles. The van der Waals surface area contributed by atoms with Crippen molar-refractivity contribution in [2.24, 2.45) is 29.6 Å². The minimum absolute atomic E-state index is 0.0960. The highest BCUT2D eigenvalue weighted by molar-refractivity contribution is 5.83. The van der Waals surface area contributed by atoms with Gasteiger partial charge in [0.25, 0.3) is 5.56 Å². The summed E-state index contributed by atoms with van der Waals surface area (Å²) in [5.41, 5.74) is 2.11. The van der Waals surface area contributed by atoms with Crippen LogP contribution in [-0.2, 0) is 17.6 Å². The molecule has 3 aliphatic carbocycles. The van der Waals surface area contributed by atoms with Gasteiger partial charge in [-0.1, -0.05) is 6.07 Å². The Hall–Kier alpha value is -2.50. The van der Waals surface area contributed by atoms with Crippen LogP contribution in [0.15, 0.2) is 29.2 Å². The van der Waals surface area contributed by atoms with Crippen molar-refractivity contribution in [3.63, 3.8) is 0 Å². The summed E-state index contributed by atoms with van der Waals surface area (Å²) in [6.45, 7) is 1.29. The number of nitrogens with zero attached hydrogens (tertiary/aromatic N) is 3. The summed E-state index contributed by atoms with van der Waals surface area (Å²) in [6.07, 6.45) is 6.94. The molecule has 6 nitrogen and oxygen atoms in total. The molecule has 6 rings (SSSR count). The average Bonchev–Trinajstić information content (AvgIpc) is 3.26. The van der Waals surface area contributed by atoms with Gasteiger partial charge >= 0.3 is 0 Å². The Kier molecular flexibility index (Phi) is 3.52. The number of pyridine rings is 1. The van der Waals surface area contributed by atoms with E-state index in [1.807, 2.05) is 23.1 Å². The lowest BCUT2D eigenvalue weighted by atomic mass is 10.0. The zero-order valence-corrected chi connectivity index (χ0v) is 15.8. The van der Waals surface area contributed by atoms with E-state index in [4.69, 9.17) is 4.98 Å². The van der Waals surface area contributed by atoms with Crippen LogP contribution in [0.3, 0.4) is 0 Å². The van der Waals surface area contributed by atoms with Crippen LogP contribution in [0.25, 0.3) is 11.5 Å². The van der Waals surface area contributed by atoms with Gasteiger partial charge in [0.05, 0.1) is 5.69 Å². The number of fused-ring (bicyclic) bond motifs is 6. The predicted molar refractivity (Wildman–Crippen MR) is 103 cm³/mol. The third kappa shape index (κ3) is 2.39. The number of rotatable bonds is 2. The lowest BCUT2D eigenvalue weighted by Gasteiger charge is -2.22. The van der Waals surface area contributed by atoms with Gasteiger partial charge in [0.15, 0.2) is 5.82 Å². The van der Waals surface area contributed by atoms with E-state index in [1.54, 1.807) is 6.20 Å². The lowest BCUT2D eigenvalue weighted by Crippen LogP contribution is -2.36. The average molecular weight is 376 g/mol. The highest BCUT2D eigenvalue weighted by atomic mass is 16.2. The van der Waals surface area contributed by atoms with Crippen LogP contribution in [0.1, 0.15) is 30.5 Å². The summed E-state index contributed by atoms with van der Waals surface area (Å²) in [5, 5.41) is 0. The SMILES string of the molecule is O=C(C1C2C3CCC(C3)C12)N1CCc2nc(-c3ccccn3)[nH]c(=O)c2CC1. The van der Waals surface area contributed by atoms with Gasteiger partial charge in [-0.3, -0.25) is 14.6 Å². The van der Waals surface area contributed by atoms with E-state index in [-0.39, 0.29) is 11.5 Å². The van der Waals surface area contributed by atoms with E-state index in [0.29, 0.717) is 55.2 Å². The number of amides is 1. The second kappa shape index (κ2) is 6.00. The van der Waals surface area contributed by atoms with Crippen molar-refractivity contribution < 1.29 is 4.79 Å². The number of H-pyrrole nitrogens is 1. The fourth-order valence-corrected chi connectivity index (χ4v) is 6.32. The normalized spacial score (nSPS) is 32.6. The van der Waals surface area contributed by atoms with Gasteiger partial charge in [0.2, 0.25) is 5.91 Å². The fourth-order valence-electron chi connectivity index (χ4n) is 6.32. The summed E-state index contributed by atoms with van der Waals surface area (Å²) in [4.78, 5) is 39.7. The summed E-state index contributed by atoms with van der Waals surface area (Å²) in [6, 6.07) is 5.57. The molecular weight excluding hydrogens is 352 g/mol. The van der Waals surface area contributed by atoms with Crippen molar-refractivity contribution in [3.05, 3.63) is 46.0 Å². The molecule has 2 aromatic rings. The molecule has 2 aromatic heterocycles. The van der Waals surface area contributed by atoms with Crippen LogP contribution in [0.2, 0.25) is 0 Å². The second-order valence-electron chi connectivity index (χ2n) is 8.89. The van der Waals surface area contributed by atoms with Crippen LogP contribution in [0.5, 0.6) is 0 Å². The Morgan fingerprint density at radius 2 is 1.89 bits per heavy atom. The number of carbonyl (C=O) groups excluding carboxylic acids is 1. The monoisotopic (exact) mass is 376 g/mol. The third-order valence-corrected chi connectivity index (χ3v) is 7.59. The molecule has 4 atom stereocenters. The number of aromatic amines is 1. The number of aromatic nitrogens is 3. The van der Waals surface area contributed by atoms with E-state index in [0.717, 1.165) is 23.1 Å². The summed E-state index contributed by atoms with van der Waals surface area (Å²) in [7, 11) is 0. The van der Waals surface area contributed by atoms with Crippen molar-refractivity contribution in [1.29, 1.82) is 0 Å². The Balaban J connectivity index is 1.22. The van der Waals surface area contributed by atoms with Gasteiger partial charge < -0.3 is 9.88 Å². The molecular formula is C22H24N4O2. The highest BCUT2D eigenvalue weighted by Gasteiger charge is 2.67. The topological polar surface area (TPSA) is 79.0 Å². The molecule has 1 aliphatic heterocycles. The van der Waals surface area contributed by atoms with Gasteiger partial charge in [-0.05, 0) is 61.5 Å². The Labute approximate surface area is 163 Å². The molecule has 0 spiro atoms. The van der Waals surface area contributed by atoms with Crippen LogP contribution in [-0.4, -0.2) is 38.8 Å². The molecule has 0 aromatic carbocycles. The molecule has 0 saturated heterocycles. The van der Waals surface area contributed by atoms with Crippen LogP contribution in [0, 0.1) is 29.6 Å². The maximum atomic E-state index is 13.2. The van der Waals surface area contributed by atoms with E-state index >= 15 is 0 Å². The van der Waals surface area contributed by atoms with Gasteiger partial charge in [0, 0.05) is 37.2 Å². The first kappa shape index (κ1) is 16.5. The minimum atomic E-state index is -0.0960. The maximum absolute atomic E-state index is 13.2. The quantitative estimate of drug-likeness (QED) is 0.870. The van der Waals surface area contributed by atoms with Crippen molar-refractivity contribution in [2.75, 3.05) is 13.1 Å². The Bertz CT molecular complexity index is 985. The number of hydrogen-bond donors (Lipinski definition) is 1. The van der Waals surface area contributed by atoms with Crippen molar-refractivity contribution >= 4 is 5.91 Å². The highest BCUT2D eigenvalue weighted by Crippen LogP contribution is 2.69. The predicted octanol–water partition coefficient (Wildman–Crippen LogP) is 2.05. The third-order valence-electron chi connectivity index (χ3n) is 7.59. The molecule has 0 radical (unpaired) electrons. The fraction of sp³-hybridized carbons (Fsp3) is 0.545.